The van der Waals surface area contributed by atoms with Crippen LogP contribution in [0.3, 0.4) is 0 Å². The van der Waals surface area contributed by atoms with E-state index >= 15 is 0 Å². The van der Waals surface area contributed by atoms with Gasteiger partial charge in [-0.15, -0.1) is 0 Å². The van der Waals surface area contributed by atoms with Crippen molar-refractivity contribution in [1.82, 2.24) is 14.7 Å². The first-order chi connectivity index (χ1) is 11.2. The van der Waals surface area contributed by atoms with E-state index in [0.717, 1.165) is 16.9 Å². The summed E-state index contributed by atoms with van der Waals surface area (Å²) in [6.07, 6.45) is 3.43. The van der Waals surface area contributed by atoms with Crippen LogP contribution in [0.5, 0.6) is 0 Å². The summed E-state index contributed by atoms with van der Waals surface area (Å²) in [5.41, 5.74) is 3.15. The van der Waals surface area contributed by atoms with Gasteiger partial charge in [-0.25, -0.2) is 4.98 Å². The molecular weight excluding hydrogens is 288 g/mol. The number of fused-ring (bicyclic) bond motifs is 1. The molecule has 5 heteroatoms. The lowest BCUT2D eigenvalue weighted by Crippen LogP contribution is -2.19. The highest BCUT2D eigenvalue weighted by atomic mass is 16.1. The van der Waals surface area contributed by atoms with Crippen molar-refractivity contribution in [2.45, 2.75) is 0 Å². The maximum atomic E-state index is 11.8. The zero-order valence-electron chi connectivity index (χ0n) is 12.5. The fraction of sp³-hybridized carbons (Fsp3) is 0.0556. The second kappa shape index (κ2) is 6.16. The molecule has 1 aromatic carbocycles. The molecule has 1 amide bonds. The van der Waals surface area contributed by atoms with Crippen LogP contribution in [0.4, 0.5) is 0 Å². The minimum Gasteiger partial charge on any atom is -0.354 e. The Morgan fingerprint density at radius 1 is 1.22 bits per heavy atom. The molecule has 1 N–H and O–H groups in total. The van der Waals surface area contributed by atoms with Gasteiger partial charge in [0, 0.05) is 18.8 Å². The summed E-state index contributed by atoms with van der Waals surface area (Å²) in [6.45, 7) is 0. The number of pyridine rings is 1. The summed E-state index contributed by atoms with van der Waals surface area (Å²) in [4.78, 5) is 16.5. The molecule has 5 nitrogen and oxygen atoms in total. The third-order valence-corrected chi connectivity index (χ3v) is 3.49. The third-order valence-electron chi connectivity index (χ3n) is 3.49. The number of benzene rings is 1. The van der Waals surface area contributed by atoms with Crippen LogP contribution >= 0.6 is 0 Å². The molecule has 0 unspecified atom stereocenters. The Labute approximate surface area is 133 Å². The molecule has 0 atom stereocenters. The fourth-order valence-corrected chi connectivity index (χ4v) is 2.38. The topological polar surface area (TPSA) is 70.2 Å². The molecule has 0 saturated heterocycles. The van der Waals surface area contributed by atoms with Crippen LogP contribution in [-0.4, -0.2) is 22.3 Å². The van der Waals surface area contributed by atoms with Crippen LogP contribution in [0.25, 0.3) is 23.0 Å². The molecule has 0 saturated carbocycles. The summed E-state index contributed by atoms with van der Waals surface area (Å²) < 4.78 is 1.86. The smallest absolute Gasteiger partial charge is 0.261 e. The zero-order valence-corrected chi connectivity index (χ0v) is 12.5. The molecule has 0 aliphatic rings. The van der Waals surface area contributed by atoms with Gasteiger partial charge in [-0.1, -0.05) is 36.4 Å². The van der Waals surface area contributed by atoms with Gasteiger partial charge in [0.15, 0.2) is 0 Å². The predicted molar refractivity (Wildman–Crippen MR) is 88.3 cm³/mol. The van der Waals surface area contributed by atoms with Crippen molar-refractivity contribution in [3.05, 3.63) is 66.0 Å². The zero-order chi connectivity index (χ0) is 16.2. The maximum Gasteiger partial charge on any atom is 0.261 e. The Bertz CT molecular complexity index is 933. The summed E-state index contributed by atoms with van der Waals surface area (Å²) in [5, 5.41) is 11.7. The van der Waals surface area contributed by atoms with Gasteiger partial charge in [0.05, 0.1) is 11.4 Å². The number of carbonyl (C=O) groups excluding carboxylic acids is 1. The first kappa shape index (κ1) is 14.5. The Hall–Kier alpha value is -3.39. The third kappa shape index (κ3) is 2.70. The van der Waals surface area contributed by atoms with E-state index in [1.54, 1.807) is 6.08 Å². The number of aromatic nitrogens is 2. The number of nitrogens with zero attached hydrogens (tertiary/aromatic N) is 3. The number of nitriles is 1. The first-order valence-electron chi connectivity index (χ1n) is 7.11. The van der Waals surface area contributed by atoms with Crippen LogP contribution in [0.1, 0.15) is 5.69 Å². The van der Waals surface area contributed by atoms with Crippen LogP contribution in [0.15, 0.2) is 60.3 Å². The molecule has 112 valence electrons. The van der Waals surface area contributed by atoms with Crippen molar-refractivity contribution in [3.63, 3.8) is 0 Å². The summed E-state index contributed by atoms with van der Waals surface area (Å²) in [6, 6.07) is 17.3. The molecule has 3 rings (SSSR count). The summed E-state index contributed by atoms with van der Waals surface area (Å²) >= 11 is 0. The van der Waals surface area contributed by atoms with E-state index in [1.165, 1.54) is 7.05 Å². The second-order valence-corrected chi connectivity index (χ2v) is 4.89. The highest BCUT2D eigenvalue weighted by Gasteiger charge is 2.15. The number of hydrogen-bond donors (Lipinski definition) is 1. The lowest BCUT2D eigenvalue weighted by Gasteiger charge is -2.02. The average Bonchev–Trinajstić information content (AvgIpc) is 2.98. The van der Waals surface area contributed by atoms with Crippen LogP contribution in [0.2, 0.25) is 0 Å². The Morgan fingerprint density at radius 3 is 2.65 bits per heavy atom. The van der Waals surface area contributed by atoms with Crippen molar-refractivity contribution in [2.24, 2.45) is 0 Å². The number of amides is 1. The average molecular weight is 302 g/mol. The quantitative estimate of drug-likeness (QED) is 0.597. The largest absolute Gasteiger partial charge is 0.354 e. The molecular formula is C18H14N4O. The highest BCUT2D eigenvalue weighted by Crippen LogP contribution is 2.26. The second-order valence-electron chi connectivity index (χ2n) is 4.89. The van der Waals surface area contributed by atoms with Crippen molar-refractivity contribution < 1.29 is 4.79 Å². The maximum absolute atomic E-state index is 11.8. The number of nitrogens with one attached hydrogen (secondary N) is 1. The van der Waals surface area contributed by atoms with E-state index in [4.69, 9.17) is 0 Å². The molecule has 0 spiro atoms. The van der Waals surface area contributed by atoms with E-state index in [2.05, 4.69) is 10.3 Å². The normalized spacial score (nSPS) is 11.2. The van der Waals surface area contributed by atoms with E-state index in [1.807, 2.05) is 65.2 Å². The molecule has 2 aromatic heterocycles. The Balaban J connectivity index is 2.28. The van der Waals surface area contributed by atoms with E-state index in [9.17, 15) is 10.1 Å². The van der Waals surface area contributed by atoms with E-state index in [0.29, 0.717) is 5.69 Å². The van der Waals surface area contributed by atoms with Crippen molar-refractivity contribution in [2.75, 3.05) is 7.05 Å². The molecule has 0 bridgehead atoms. The lowest BCUT2D eigenvalue weighted by molar-refractivity contribution is -0.116. The van der Waals surface area contributed by atoms with Gasteiger partial charge in [-0.05, 0) is 18.2 Å². The number of carbonyl (C=O) groups is 1. The molecule has 0 aliphatic carbocycles. The Morgan fingerprint density at radius 2 is 1.96 bits per heavy atom. The van der Waals surface area contributed by atoms with Gasteiger partial charge in [0.25, 0.3) is 5.91 Å². The van der Waals surface area contributed by atoms with Crippen molar-refractivity contribution >= 4 is 17.6 Å². The molecule has 2 heterocycles. The monoisotopic (exact) mass is 302 g/mol. The van der Waals surface area contributed by atoms with Gasteiger partial charge in [0.1, 0.15) is 17.3 Å². The minimum atomic E-state index is -0.419. The first-order valence-corrected chi connectivity index (χ1v) is 7.11. The van der Waals surface area contributed by atoms with Gasteiger partial charge in [0.2, 0.25) is 0 Å². The van der Waals surface area contributed by atoms with E-state index in [-0.39, 0.29) is 5.57 Å². The molecule has 3 aromatic rings. The number of rotatable bonds is 3. The molecule has 0 aliphatic heterocycles. The van der Waals surface area contributed by atoms with Gasteiger partial charge >= 0.3 is 0 Å². The van der Waals surface area contributed by atoms with Crippen LogP contribution in [-0.2, 0) is 4.79 Å². The van der Waals surface area contributed by atoms with Gasteiger partial charge < -0.3 is 5.32 Å². The van der Waals surface area contributed by atoms with Crippen LogP contribution < -0.4 is 5.32 Å². The predicted octanol–water partition coefficient (Wildman–Crippen LogP) is 2.65. The van der Waals surface area contributed by atoms with E-state index < -0.39 is 5.91 Å². The fourth-order valence-electron chi connectivity index (χ4n) is 2.38. The summed E-state index contributed by atoms with van der Waals surface area (Å²) in [5.74, 6) is -0.419. The standard InChI is InChI=1S/C18H14N4O/c1-20-18(23)14(12-19)11-15-17(13-7-3-2-4-8-13)21-16-9-5-6-10-22(15)16/h2-11H,1H3,(H,20,23). The highest BCUT2D eigenvalue weighted by molar-refractivity contribution is 6.02. The SMILES string of the molecule is CNC(=O)C(C#N)=Cc1c(-c2ccccc2)nc2ccccn12. The van der Waals surface area contributed by atoms with Crippen molar-refractivity contribution in [1.29, 1.82) is 5.26 Å². The van der Waals surface area contributed by atoms with Gasteiger partial charge in [-0.3, -0.25) is 9.20 Å². The van der Waals surface area contributed by atoms with Crippen LogP contribution in [0, 0.1) is 11.3 Å². The number of hydrogen-bond acceptors (Lipinski definition) is 3. The Kier molecular flexibility index (Phi) is 3.89. The minimum absolute atomic E-state index is 0.0373. The molecule has 0 fully saturated rings. The number of likely N-dealkylation sites (N-methyl/N-ethyl adjacent to an activating group) is 1. The van der Waals surface area contributed by atoms with Crippen molar-refractivity contribution in [3.8, 4) is 17.3 Å². The number of imidazole rings is 1. The molecule has 23 heavy (non-hydrogen) atoms. The lowest BCUT2D eigenvalue weighted by atomic mass is 10.1. The van der Waals surface area contributed by atoms with Gasteiger partial charge in [-0.2, -0.15) is 5.26 Å². The summed E-state index contributed by atoms with van der Waals surface area (Å²) in [7, 11) is 1.50. The molecule has 0 radical (unpaired) electrons.